The van der Waals surface area contributed by atoms with Crippen LogP contribution in [0.15, 0.2) is 6.07 Å². The molecule has 0 radical (unpaired) electrons. The first-order chi connectivity index (χ1) is 6.43. The van der Waals surface area contributed by atoms with Crippen molar-refractivity contribution in [3.8, 4) is 0 Å². The molecule has 0 aromatic carbocycles. The second-order valence-corrected chi connectivity index (χ2v) is 3.64. The average Bonchev–Trinajstić information content (AvgIpc) is 2.08. The molecule has 0 atom stereocenters. The van der Waals surface area contributed by atoms with Gasteiger partial charge in [-0.25, -0.2) is 18.6 Å². The molecule has 3 nitrogen and oxygen atoms in total. The summed E-state index contributed by atoms with van der Waals surface area (Å²) in [5.41, 5.74) is -0.223. The van der Waals surface area contributed by atoms with Crippen LogP contribution in [0.2, 0.25) is 0 Å². The summed E-state index contributed by atoms with van der Waals surface area (Å²) >= 11 is 1.73. The van der Waals surface area contributed by atoms with Crippen molar-refractivity contribution >= 4 is 28.6 Å². The molecule has 1 aromatic heterocycles. The number of rotatable bonds is 2. The van der Waals surface area contributed by atoms with Crippen molar-refractivity contribution in [1.29, 1.82) is 0 Å². The van der Waals surface area contributed by atoms with Crippen LogP contribution in [-0.4, -0.2) is 16.1 Å². The van der Waals surface area contributed by atoms with Gasteiger partial charge >= 0.3 is 5.97 Å². The van der Waals surface area contributed by atoms with E-state index in [1.165, 1.54) is 6.92 Å². The highest BCUT2D eigenvalue weighted by atomic mass is 127. The summed E-state index contributed by atoms with van der Waals surface area (Å²) in [6.45, 7) is 1.54. The van der Waals surface area contributed by atoms with Gasteiger partial charge in [0.2, 0.25) is 0 Å². The maximum atomic E-state index is 12.3. The molecule has 0 bridgehead atoms. The first kappa shape index (κ1) is 11.3. The van der Waals surface area contributed by atoms with E-state index in [1.807, 2.05) is 0 Å². The normalized spacial score (nSPS) is 10.6. The van der Waals surface area contributed by atoms with E-state index in [4.69, 9.17) is 5.11 Å². The van der Waals surface area contributed by atoms with E-state index in [0.717, 1.165) is 6.07 Å². The van der Waals surface area contributed by atoms with Crippen LogP contribution in [0.5, 0.6) is 0 Å². The summed E-state index contributed by atoms with van der Waals surface area (Å²) in [4.78, 5) is 14.3. The quantitative estimate of drug-likeness (QED) is 0.674. The lowest BCUT2D eigenvalue weighted by atomic mass is 10.1. The number of carbonyl (C=O) groups is 1. The molecule has 0 fully saturated rings. The van der Waals surface area contributed by atoms with Gasteiger partial charge in [-0.3, -0.25) is 0 Å². The second kappa shape index (κ2) is 4.16. The van der Waals surface area contributed by atoms with Gasteiger partial charge in [-0.1, -0.05) is 0 Å². The lowest BCUT2D eigenvalue weighted by molar-refractivity contribution is 0.0695. The number of carboxylic acid groups (broad SMARTS) is 1. The molecule has 0 amide bonds. The standard InChI is InChI=1S/C8H6F2INO2/c1-3-4(8(13)14)2-5(6(9)10)12-7(3)11/h2,6H,1H3,(H,13,14). The van der Waals surface area contributed by atoms with Crippen molar-refractivity contribution < 1.29 is 18.7 Å². The monoisotopic (exact) mass is 313 g/mol. The Bertz CT molecular complexity index is 382. The van der Waals surface area contributed by atoms with Gasteiger partial charge in [0.15, 0.2) is 0 Å². The van der Waals surface area contributed by atoms with Crippen LogP contribution in [0.4, 0.5) is 8.78 Å². The Hall–Kier alpha value is -0.790. The molecule has 0 aliphatic rings. The Morgan fingerprint density at radius 3 is 2.64 bits per heavy atom. The topological polar surface area (TPSA) is 50.2 Å². The van der Waals surface area contributed by atoms with Crippen molar-refractivity contribution in [2.45, 2.75) is 13.3 Å². The first-order valence-electron chi connectivity index (χ1n) is 3.62. The zero-order valence-electron chi connectivity index (χ0n) is 7.09. The van der Waals surface area contributed by atoms with E-state index in [9.17, 15) is 13.6 Å². The van der Waals surface area contributed by atoms with Crippen LogP contribution in [0, 0.1) is 10.6 Å². The zero-order chi connectivity index (χ0) is 10.9. The van der Waals surface area contributed by atoms with Crippen molar-refractivity contribution in [1.82, 2.24) is 4.98 Å². The smallest absolute Gasteiger partial charge is 0.336 e. The highest BCUT2D eigenvalue weighted by Crippen LogP contribution is 2.22. The summed E-state index contributed by atoms with van der Waals surface area (Å²) in [5.74, 6) is -1.22. The molecule has 6 heteroatoms. The molecule has 76 valence electrons. The average molecular weight is 313 g/mol. The molecule has 14 heavy (non-hydrogen) atoms. The molecular formula is C8H6F2INO2. The van der Waals surface area contributed by atoms with Crippen molar-refractivity contribution in [3.63, 3.8) is 0 Å². The molecule has 1 aromatic rings. The summed E-state index contributed by atoms with van der Waals surface area (Å²) in [7, 11) is 0. The van der Waals surface area contributed by atoms with E-state index in [-0.39, 0.29) is 9.26 Å². The third kappa shape index (κ3) is 2.17. The lowest BCUT2D eigenvalue weighted by Crippen LogP contribution is -2.06. The molecule has 0 aliphatic carbocycles. The molecule has 1 N–H and O–H groups in total. The molecule has 0 aliphatic heterocycles. The minimum absolute atomic E-state index is 0.125. The van der Waals surface area contributed by atoms with Crippen molar-refractivity contribution in [3.05, 3.63) is 26.6 Å². The Morgan fingerprint density at radius 2 is 2.21 bits per heavy atom. The molecule has 0 saturated carbocycles. The predicted octanol–water partition coefficient (Wildman–Crippen LogP) is 2.63. The van der Waals surface area contributed by atoms with Gasteiger partial charge in [-0.05, 0) is 41.1 Å². The highest BCUT2D eigenvalue weighted by Gasteiger charge is 2.17. The maximum absolute atomic E-state index is 12.3. The fourth-order valence-electron chi connectivity index (χ4n) is 0.931. The van der Waals surface area contributed by atoms with Crippen LogP contribution in [0.1, 0.15) is 28.0 Å². The number of nitrogens with zero attached hydrogens (tertiary/aromatic N) is 1. The van der Waals surface area contributed by atoms with Gasteiger partial charge in [0, 0.05) is 0 Å². The third-order valence-corrected chi connectivity index (χ3v) is 2.74. The minimum Gasteiger partial charge on any atom is -0.478 e. The molecular weight excluding hydrogens is 307 g/mol. The number of aromatic nitrogens is 1. The van der Waals surface area contributed by atoms with E-state index in [0.29, 0.717) is 5.56 Å². The van der Waals surface area contributed by atoms with Crippen LogP contribution in [-0.2, 0) is 0 Å². The Morgan fingerprint density at radius 1 is 1.64 bits per heavy atom. The van der Waals surface area contributed by atoms with E-state index < -0.39 is 18.1 Å². The summed E-state index contributed by atoms with van der Waals surface area (Å²) in [6.07, 6.45) is -2.75. The zero-order valence-corrected chi connectivity index (χ0v) is 9.25. The van der Waals surface area contributed by atoms with E-state index in [2.05, 4.69) is 4.98 Å². The number of hydrogen-bond acceptors (Lipinski definition) is 2. The largest absolute Gasteiger partial charge is 0.478 e. The third-order valence-electron chi connectivity index (χ3n) is 1.69. The lowest BCUT2D eigenvalue weighted by Gasteiger charge is -2.06. The first-order valence-corrected chi connectivity index (χ1v) is 4.70. The molecule has 0 saturated heterocycles. The van der Waals surface area contributed by atoms with Crippen LogP contribution in [0.3, 0.4) is 0 Å². The van der Waals surface area contributed by atoms with Gasteiger partial charge in [0.25, 0.3) is 6.43 Å². The van der Waals surface area contributed by atoms with Crippen LogP contribution < -0.4 is 0 Å². The number of carboxylic acids is 1. The fourth-order valence-corrected chi connectivity index (χ4v) is 1.50. The number of aromatic carboxylic acids is 1. The number of hydrogen-bond donors (Lipinski definition) is 1. The van der Waals surface area contributed by atoms with Gasteiger partial charge in [0.1, 0.15) is 9.39 Å². The second-order valence-electron chi connectivity index (χ2n) is 2.62. The molecule has 1 rings (SSSR count). The highest BCUT2D eigenvalue weighted by molar-refractivity contribution is 14.1. The SMILES string of the molecule is Cc1c(C(=O)O)cc(C(F)F)nc1I. The Labute approximate surface area is 92.3 Å². The van der Waals surface area contributed by atoms with E-state index >= 15 is 0 Å². The van der Waals surface area contributed by atoms with Crippen molar-refractivity contribution in [2.24, 2.45) is 0 Å². The fraction of sp³-hybridized carbons (Fsp3) is 0.250. The number of pyridine rings is 1. The summed E-state index contributed by atoms with van der Waals surface area (Å²) in [5, 5.41) is 8.72. The molecule has 0 unspecified atom stereocenters. The van der Waals surface area contributed by atoms with Crippen molar-refractivity contribution in [2.75, 3.05) is 0 Å². The van der Waals surface area contributed by atoms with Crippen LogP contribution >= 0.6 is 22.6 Å². The number of alkyl halides is 2. The number of halogens is 3. The van der Waals surface area contributed by atoms with Gasteiger partial charge in [0.05, 0.1) is 5.56 Å². The Balaban J connectivity index is 3.35. The van der Waals surface area contributed by atoms with Gasteiger partial charge in [-0.15, -0.1) is 0 Å². The maximum Gasteiger partial charge on any atom is 0.336 e. The minimum atomic E-state index is -2.75. The Kier molecular flexibility index (Phi) is 3.35. The molecule has 0 spiro atoms. The predicted molar refractivity (Wildman–Crippen MR) is 53.6 cm³/mol. The van der Waals surface area contributed by atoms with E-state index in [1.54, 1.807) is 22.6 Å². The van der Waals surface area contributed by atoms with Gasteiger partial charge < -0.3 is 5.11 Å². The summed E-state index contributed by atoms with van der Waals surface area (Å²) in [6, 6.07) is 0.907. The summed E-state index contributed by atoms with van der Waals surface area (Å²) < 4.78 is 24.8. The molecule has 1 heterocycles. The van der Waals surface area contributed by atoms with Crippen LogP contribution in [0.25, 0.3) is 0 Å². The van der Waals surface area contributed by atoms with Gasteiger partial charge in [-0.2, -0.15) is 0 Å².